The van der Waals surface area contributed by atoms with Crippen molar-refractivity contribution in [3.8, 4) is 0 Å². The van der Waals surface area contributed by atoms with Crippen LogP contribution in [-0.2, 0) is 4.79 Å². The Bertz CT molecular complexity index is 747. The number of hydrogen-bond acceptors (Lipinski definition) is 1. The largest absolute Gasteiger partial charge is 0.295 e. The number of ketones is 1. The van der Waals surface area contributed by atoms with Crippen molar-refractivity contribution < 1.29 is 4.79 Å². The van der Waals surface area contributed by atoms with Gasteiger partial charge in [0.25, 0.3) is 0 Å². The van der Waals surface area contributed by atoms with E-state index in [0.29, 0.717) is 16.6 Å². The maximum Gasteiger partial charge on any atom is 0.155 e. The molecule has 0 aliphatic heterocycles. The Morgan fingerprint density at radius 3 is 2.50 bits per heavy atom. The Balaban J connectivity index is 1.47. The first-order valence-corrected chi connectivity index (χ1v) is 10.8. The smallest absolute Gasteiger partial charge is 0.155 e. The van der Waals surface area contributed by atoms with Crippen LogP contribution in [0.15, 0.2) is 42.0 Å². The highest BCUT2D eigenvalue weighted by molar-refractivity contribution is 5.91. The van der Waals surface area contributed by atoms with Gasteiger partial charge in [-0.1, -0.05) is 49.8 Å². The molecule has 1 unspecified atom stereocenters. The number of benzene rings is 1. The van der Waals surface area contributed by atoms with Crippen LogP contribution in [0.25, 0.3) is 0 Å². The Morgan fingerprint density at radius 2 is 1.69 bits per heavy atom. The summed E-state index contributed by atoms with van der Waals surface area (Å²) in [5.41, 5.74) is 3.85. The van der Waals surface area contributed by atoms with Gasteiger partial charge in [0.1, 0.15) is 0 Å². The van der Waals surface area contributed by atoms with E-state index in [0.717, 1.165) is 36.5 Å². The lowest BCUT2D eigenvalue weighted by Crippen LogP contribution is -2.50. The molecule has 1 heteroatoms. The molecular weight excluding hydrogens is 316 g/mol. The second kappa shape index (κ2) is 5.81. The average molecular weight is 349 g/mol. The molecule has 5 rings (SSSR count). The van der Waals surface area contributed by atoms with Gasteiger partial charge in [-0.25, -0.2) is 0 Å². The van der Waals surface area contributed by atoms with Crippen molar-refractivity contribution in [2.24, 2.45) is 28.6 Å². The van der Waals surface area contributed by atoms with E-state index in [1.807, 2.05) is 6.08 Å². The second-order valence-electron chi connectivity index (χ2n) is 10.1. The summed E-state index contributed by atoms with van der Waals surface area (Å²) in [6, 6.07) is 11.3. The SMILES string of the molecule is C[C@]12CCC(=O)C=C1CC[C@@H]1[C@H]2CC[C@]2(C)C(c3ccccc3)CC[C@@H]12. The van der Waals surface area contributed by atoms with Gasteiger partial charge in [0.05, 0.1) is 0 Å². The third kappa shape index (κ3) is 2.25. The van der Waals surface area contributed by atoms with Gasteiger partial charge in [0.2, 0.25) is 0 Å². The zero-order valence-corrected chi connectivity index (χ0v) is 16.3. The van der Waals surface area contributed by atoms with Crippen LogP contribution in [-0.4, -0.2) is 5.78 Å². The molecule has 138 valence electrons. The monoisotopic (exact) mass is 348 g/mol. The maximum absolute atomic E-state index is 12.0. The minimum atomic E-state index is 0.309. The molecule has 0 radical (unpaired) electrons. The summed E-state index contributed by atoms with van der Waals surface area (Å²) in [7, 11) is 0. The van der Waals surface area contributed by atoms with Crippen LogP contribution < -0.4 is 0 Å². The average Bonchev–Trinajstić information content (AvgIpc) is 3.00. The number of allylic oxidation sites excluding steroid dienone is 1. The summed E-state index contributed by atoms with van der Waals surface area (Å²) in [5.74, 6) is 3.68. The minimum Gasteiger partial charge on any atom is -0.295 e. The van der Waals surface area contributed by atoms with Gasteiger partial charge in [-0.15, -0.1) is 0 Å². The van der Waals surface area contributed by atoms with E-state index < -0.39 is 0 Å². The molecule has 4 aliphatic rings. The molecular formula is C25H32O. The number of carbonyl (C=O) groups excluding carboxylic acids is 1. The Kier molecular flexibility index (Phi) is 3.75. The van der Waals surface area contributed by atoms with Crippen molar-refractivity contribution in [1.82, 2.24) is 0 Å². The van der Waals surface area contributed by atoms with Gasteiger partial charge in [0, 0.05) is 6.42 Å². The standard InChI is InChI=1S/C25H32O/c1-24-14-12-19(26)16-18(24)8-9-20-22-11-10-21(17-6-4-3-5-7-17)25(22,2)15-13-23(20)24/h3-7,16,20-23H,8-15H2,1-2H3/t20-,21?,22-,23+,24-,25+/m0/s1. The highest BCUT2D eigenvalue weighted by Gasteiger charge is 2.58. The molecule has 0 spiro atoms. The van der Waals surface area contributed by atoms with Gasteiger partial charge in [-0.2, -0.15) is 0 Å². The van der Waals surface area contributed by atoms with Crippen LogP contribution in [0.5, 0.6) is 0 Å². The van der Waals surface area contributed by atoms with Crippen molar-refractivity contribution in [2.75, 3.05) is 0 Å². The zero-order valence-electron chi connectivity index (χ0n) is 16.3. The first kappa shape index (κ1) is 16.8. The van der Waals surface area contributed by atoms with Gasteiger partial charge >= 0.3 is 0 Å². The lowest BCUT2D eigenvalue weighted by Gasteiger charge is -2.58. The minimum absolute atomic E-state index is 0.309. The Hall–Kier alpha value is -1.37. The van der Waals surface area contributed by atoms with E-state index >= 15 is 0 Å². The van der Waals surface area contributed by atoms with E-state index in [9.17, 15) is 4.79 Å². The predicted octanol–water partition coefficient (Wildman–Crippen LogP) is 6.30. The molecule has 6 atom stereocenters. The fourth-order valence-corrected chi connectivity index (χ4v) is 7.79. The first-order chi connectivity index (χ1) is 12.5. The molecule has 26 heavy (non-hydrogen) atoms. The van der Waals surface area contributed by atoms with Crippen LogP contribution in [0.2, 0.25) is 0 Å². The second-order valence-corrected chi connectivity index (χ2v) is 10.1. The lowest BCUT2D eigenvalue weighted by molar-refractivity contribution is -0.117. The van der Waals surface area contributed by atoms with Crippen LogP contribution >= 0.6 is 0 Å². The van der Waals surface area contributed by atoms with Gasteiger partial charge < -0.3 is 0 Å². The van der Waals surface area contributed by atoms with Crippen molar-refractivity contribution in [3.63, 3.8) is 0 Å². The summed E-state index contributed by atoms with van der Waals surface area (Å²) < 4.78 is 0. The molecule has 4 aliphatic carbocycles. The molecule has 0 N–H and O–H groups in total. The lowest BCUT2D eigenvalue weighted by atomic mass is 9.46. The molecule has 0 amide bonds. The predicted molar refractivity (Wildman–Crippen MR) is 106 cm³/mol. The van der Waals surface area contributed by atoms with Crippen molar-refractivity contribution >= 4 is 5.78 Å². The summed E-state index contributed by atoms with van der Waals surface area (Å²) in [4.78, 5) is 12.0. The number of carbonyl (C=O) groups is 1. The third-order valence-corrected chi connectivity index (χ3v) is 9.16. The quantitative estimate of drug-likeness (QED) is 0.582. The highest BCUT2D eigenvalue weighted by atomic mass is 16.1. The van der Waals surface area contributed by atoms with Gasteiger partial charge in [0.15, 0.2) is 5.78 Å². The van der Waals surface area contributed by atoms with Crippen LogP contribution in [0, 0.1) is 28.6 Å². The molecule has 0 saturated heterocycles. The van der Waals surface area contributed by atoms with Crippen molar-refractivity contribution in [3.05, 3.63) is 47.5 Å². The molecule has 0 bridgehead atoms. The van der Waals surface area contributed by atoms with E-state index in [1.165, 1.54) is 44.1 Å². The fourth-order valence-electron chi connectivity index (χ4n) is 7.79. The van der Waals surface area contributed by atoms with Gasteiger partial charge in [-0.3, -0.25) is 4.79 Å². The number of fused-ring (bicyclic) bond motifs is 5. The normalized spacial score (nSPS) is 44.7. The van der Waals surface area contributed by atoms with Crippen LogP contribution in [0.3, 0.4) is 0 Å². The Morgan fingerprint density at radius 1 is 0.885 bits per heavy atom. The summed E-state index contributed by atoms with van der Waals surface area (Å²) >= 11 is 0. The third-order valence-electron chi connectivity index (χ3n) is 9.16. The molecule has 3 fully saturated rings. The van der Waals surface area contributed by atoms with Crippen LogP contribution in [0.4, 0.5) is 0 Å². The van der Waals surface area contributed by atoms with Crippen molar-refractivity contribution in [1.29, 1.82) is 0 Å². The summed E-state index contributed by atoms with van der Waals surface area (Å²) in [5, 5.41) is 0. The van der Waals surface area contributed by atoms with E-state index in [2.05, 4.69) is 44.2 Å². The zero-order chi connectivity index (χ0) is 17.9. The molecule has 1 aromatic rings. The number of hydrogen-bond donors (Lipinski definition) is 0. The van der Waals surface area contributed by atoms with Crippen LogP contribution in [0.1, 0.15) is 76.7 Å². The number of rotatable bonds is 1. The molecule has 0 aromatic heterocycles. The highest BCUT2D eigenvalue weighted by Crippen LogP contribution is 2.68. The van der Waals surface area contributed by atoms with E-state index in [-0.39, 0.29) is 0 Å². The summed E-state index contributed by atoms with van der Waals surface area (Å²) in [6.45, 7) is 5.10. The first-order valence-electron chi connectivity index (χ1n) is 10.8. The molecule has 0 heterocycles. The van der Waals surface area contributed by atoms with E-state index in [1.54, 1.807) is 5.56 Å². The molecule has 3 saturated carbocycles. The topological polar surface area (TPSA) is 17.1 Å². The Labute approximate surface area is 158 Å². The fraction of sp³-hybridized carbons (Fsp3) is 0.640. The van der Waals surface area contributed by atoms with Gasteiger partial charge in [-0.05, 0) is 91.1 Å². The van der Waals surface area contributed by atoms with E-state index in [4.69, 9.17) is 0 Å². The summed E-state index contributed by atoms with van der Waals surface area (Å²) in [6.07, 6.45) is 11.9. The molecule has 1 aromatic carbocycles. The molecule has 1 nitrogen and oxygen atoms in total. The van der Waals surface area contributed by atoms with Crippen molar-refractivity contribution in [2.45, 2.75) is 71.1 Å². The maximum atomic E-state index is 12.0.